The molecule has 0 saturated carbocycles. The van der Waals surface area contributed by atoms with Crippen molar-refractivity contribution in [1.29, 1.82) is 0 Å². The highest BCUT2D eigenvalue weighted by Gasteiger charge is 2.29. The predicted molar refractivity (Wildman–Crippen MR) is 55.3 cm³/mol. The fourth-order valence-electron chi connectivity index (χ4n) is 1.65. The van der Waals surface area contributed by atoms with Crippen LogP contribution in [-0.4, -0.2) is 16.3 Å². The molecule has 2 nitrogen and oxygen atoms in total. The van der Waals surface area contributed by atoms with Crippen molar-refractivity contribution in [2.45, 2.75) is 45.9 Å². The SMILES string of the molecule is Cc1[nH]c(C(O)CCC(F)(F)F)c(C)c1C. The van der Waals surface area contributed by atoms with Crippen molar-refractivity contribution in [2.24, 2.45) is 0 Å². The Balaban J connectivity index is 2.73. The molecule has 0 aliphatic carbocycles. The van der Waals surface area contributed by atoms with E-state index in [1.54, 1.807) is 6.92 Å². The van der Waals surface area contributed by atoms with Gasteiger partial charge in [0.1, 0.15) is 0 Å². The number of hydrogen-bond acceptors (Lipinski definition) is 1. The van der Waals surface area contributed by atoms with Gasteiger partial charge in [-0.1, -0.05) is 0 Å². The van der Waals surface area contributed by atoms with Gasteiger partial charge in [0.15, 0.2) is 0 Å². The fraction of sp³-hybridized carbons (Fsp3) is 0.636. The van der Waals surface area contributed by atoms with Crippen molar-refractivity contribution in [2.75, 3.05) is 0 Å². The van der Waals surface area contributed by atoms with Crippen LogP contribution in [0.2, 0.25) is 0 Å². The molecule has 0 radical (unpaired) electrons. The minimum absolute atomic E-state index is 0.302. The van der Waals surface area contributed by atoms with Gasteiger partial charge in [-0.05, 0) is 38.3 Å². The molecule has 0 aromatic carbocycles. The zero-order chi connectivity index (χ0) is 12.5. The molecule has 1 aromatic heterocycles. The zero-order valence-electron chi connectivity index (χ0n) is 9.57. The maximum atomic E-state index is 12.0. The first-order valence-electron chi connectivity index (χ1n) is 5.13. The first kappa shape index (κ1) is 13.1. The molecule has 0 aliphatic rings. The standard InChI is InChI=1S/C11H16F3NO/c1-6-7(2)10(15-8(6)3)9(16)4-5-11(12,13)14/h9,15-16H,4-5H2,1-3H3. The molecule has 0 aliphatic heterocycles. The number of H-pyrrole nitrogens is 1. The highest BCUT2D eigenvalue weighted by Crippen LogP contribution is 2.29. The number of aryl methyl sites for hydroxylation is 1. The summed E-state index contributed by atoms with van der Waals surface area (Å²) in [7, 11) is 0. The molecule has 0 bridgehead atoms. The van der Waals surface area contributed by atoms with Gasteiger partial charge >= 0.3 is 6.18 Å². The lowest BCUT2D eigenvalue weighted by molar-refractivity contribution is -0.140. The topological polar surface area (TPSA) is 36.0 Å². The number of aromatic nitrogens is 1. The molecule has 0 amide bonds. The van der Waals surface area contributed by atoms with Crippen LogP contribution in [0, 0.1) is 20.8 Å². The van der Waals surface area contributed by atoms with Crippen LogP contribution in [0.3, 0.4) is 0 Å². The molecule has 1 atom stereocenters. The van der Waals surface area contributed by atoms with E-state index in [0.717, 1.165) is 16.8 Å². The summed E-state index contributed by atoms with van der Waals surface area (Å²) in [4.78, 5) is 2.93. The number of alkyl halides is 3. The monoisotopic (exact) mass is 235 g/mol. The second-order valence-corrected chi connectivity index (χ2v) is 4.08. The lowest BCUT2D eigenvalue weighted by atomic mass is 10.1. The van der Waals surface area contributed by atoms with E-state index < -0.39 is 18.7 Å². The highest BCUT2D eigenvalue weighted by atomic mass is 19.4. The number of aliphatic hydroxyl groups excluding tert-OH is 1. The van der Waals surface area contributed by atoms with E-state index in [0.29, 0.717) is 5.69 Å². The van der Waals surface area contributed by atoms with Gasteiger partial charge in [0.25, 0.3) is 0 Å². The summed E-state index contributed by atoms with van der Waals surface area (Å²) in [5.74, 6) is 0. The van der Waals surface area contributed by atoms with E-state index in [-0.39, 0.29) is 6.42 Å². The van der Waals surface area contributed by atoms with Crippen LogP contribution in [0.1, 0.15) is 41.5 Å². The summed E-state index contributed by atoms with van der Waals surface area (Å²) in [6.45, 7) is 5.51. The van der Waals surface area contributed by atoms with Crippen molar-refractivity contribution in [3.8, 4) is 0 Å². The quantitative estimate of drug-likeness (QED) is 0.828. The second-order valence-electron chi connectivity index (χ2n) is 4.08. The largest absolute Gasteiger partial charge is 0.389 e. The third-order valence-electron chi connectivity index (χ3n) is 2.89. The molecule has 92 valence electrons. The van der Waals surface area contributed by atoms with Crippen LogP contribution >= 0.6 is 0 Å². The van der Waals surface area contributed by atoms with Gasteiger partial charge in [-0.3, -0.25) is 0 Å². The fourth-order valence-corrected chi connectivity index (χ4v) is 1.65. The van der Waals surface area contributed by atoms with Gasteiger partial charge in [-0.2, -0.15) is 13.2 Å². The average molecular weight is 235 g/mol. The van der Waals surface area contributed by atoms with Crippen molar-refractivity contribution in [3.05, 3.63) is 22.5 Å². The van der Waals surface area contributed by atoms with Crippen LogP contribution in [0.25, 0.3) is 0 Å². The number of aliphatic hydroxyl groups is 1. The van der Waals surface area contributed by atoms with Gasteiger partial charge in [0, 0.05) is 17.8 Å². The molecule has 16 heavy (non-hydrogen) atoms. The van der Waals surface area contributed by atoms with Crippen molar-refractivity contribution in [3.63, 3.8) is 0 Å². The van der Waals surface area contributed by atoms with Crippen LogP contribution in [-0.2, 0) is 0 Å². The summed E-state index contributed by atoms with van der Waals surface area (Å²) in [5.41, 5.74) is 3.21. The Morgan fingerprint density at radius 2 is 1.75 bits per heavy atom. The predicted octanol–water partition coefficient (Wildman–Crippen LogP) is 3.32. The lowest BCUT2D eigenvalue weighted by Gasteiger charge is -2.12. The zero-order valence-corrected chi connectivity index (χ0v) is 9.57. The molecule has 0 fully saturated rings. The van der Waals surface area contributed by atoms with Crippen molar-refractivity contribution >= 4 is 0 Å². The highest BCUT2D eigenvalue weighted by molar-refractivity contribution is 5.35. The normalized spacial score (nSPS) is 14.2. The van der Waals surface area contributed by atoms with Gasteiger partial charge in [0.2, 0.25) is 0 Å². The smallest absolute Gasteiger partial charge is 0.387 e. The molecule has 5 heteroatoms. The van der Waals surface area contributed by atoms with E-state index in [9.17, 15) is 18.3 Å². The summed E-state index contributed by atoms with van der Waals surface area (Å²) in [5, 5.41) is 9.67. The second kappa shape index (κ2) is 4.49. The van der Waals surface area contributed by atoms with E-state index in [2.05, 4.69) is 4.98 Å². The van der Waals surface area contributed by atoms with Crippen molar-refractivity contribution in [1.82, 2.24) is 4.98 Å². The van der Waals surface area contributed by atoms with E-state index in [1.807, 2.05) is 13.8 Å². The number of nitrogens with one attached hydrogen (secondary N) is 1. The van der Waals surface area contributed by atoms with E-state index in [1.165, 1.54) is 0 Å². The maximum Gasteiger partial charge on any atom is 0.389 e. The third-order valence-corrected chi connectivity index (χ3v) is 2.89. The molecule has 1 unspecified atom stereocenters. The van der Waals surface area contributed by atoms with E-state index in [4.69, 9.17) is 0 Å². The number of hydrogen-bond donors (Lipinski definition) is 2. The summed E-state index contributed by atoms with van der Waals surface area (Å²) in [6, 6.07) is 0. The van der Waals surface area contributed by atoms with Gasteiger partial charge in [0.05, 0.1) is 6.10 Å². The minimum Gasteiger partial charge on any atom is -0.387 e. The third kappa shape index (κ3) is 3.01. The average Bonchev–Trinajstić information content (AvgIpc) is 2.41. The molecule has 1 aromatic rings. The van der Waals surface area contributed by atoms with Gasteiger partial charge < -0.3 is 10.1 Å². The molecule has 2 N–H and O–H groups in total. The first-order valence-corrected chi connectivity index (χ1v) is 5.13. The number of aromatic amines is 1. The number of rotatable bonds is 3. The Kier molecular flexibility index (Phi) is 3.68. The van der Waals surface area contributed by atoms with E-state index >= 15 is 0 Å². The molecule has 0 saturated heterocycles. The Hall–Kier alpha value is -0.970. The number of halogens is 3. The van der Waals surface area contributed by atoms with Crippen LogP contribution in [0.15, 0.2) is 0 Å². The molecule has 1 heterocycles. The molecule has 0 spiro atoms. The molecule has 1 rings (SSSR count). The summed E-state index contributed by atoms with van der Waals surface area (Å²) >= 11 is 0. The Labute approximate surface area is 92.5 Å². The Morgan fingerprint density at radius 3 is 2.12 bits per heavy atom. The minimum atomic E-state index is -4.22. The van der Waals surface area contributed by atoms with Crippen LogP contribution in [0.4, 0.5) is 13.2 Å². The van der Waals surface area contributed by atoms with Gasteiger partial charge in [-0.15, -0.1) is 0 Å². The first-order chi connectivity index (χ1) is 7.22. The molecular weight excluding hydrogens is 219 g/mol. The Bertz CT molecular complexity index is 368. The van der Waals surface area contributed by atoms with Gasteiger partial charge in [-0.25, -0.2) is 0 Å². The summed E-state index contributed by atoms with van der Waals surface area (Å²) in [6.07, 6.45) is -6.56. The lowest BCUT2D eigenvalue weighted by Crippen LogP contribution is -2.10. The maximum absolute atomic E-state index is 12.0. The Morgan fingerprint density at radius 1 is 1.19 bits per heavy atom. The van der Waals surface area contributed by atoms with Crippen LogP contribution in [0.5, 0.6) is 0 Å². The molecular formula is C11H16F3NO. The van der Waals surface area contributed by atoms with Crippen molar-refractivity contribution < 1.29 is 18.3 Å². The van der Waals surface area contributed by atoms with Crippen LogP contribution < -0.4 is 0 Å². The summed E-state index contributed by atoms with van der Waals surface area (Å²) < 4.78 is 36.0.